The lowest BCUT2D eigenvalue weighted by Crippen LogP contribution is -2.24. The van der Waals surface area contributed by atoms with E-state index in [4.69, 9.17) is 4.18 Å². The number of rotatable bonds is 3. The molecule has 0 aromatic heterocycles. The van der Waals surface area contributed by atoms with E-state index in [1.807, 2.05) is 0 Å². The van der Waals surface area contributed by atoms with Gasteiger partial charge in [0.25, 0.3) is 10.1 Å². The summed E-state index contributed by atoms with van der Waals surface area (Å²) in [5.41, 5.74) is 0. The summed E-state index contributed by atoms with van der Waals surface area (Å²) in [5.74, 6) is 0. The smallest absolute Gasteiger partial charge is 0.267 e. The predicted octanol–water partition coefficient (Wildman–Crippen LogP) is 1.29. The van der Waals surface area contributed by atoms with Crippen LogP contribution in [0.25, 0.3) is 0 Å². The molecule has 0 spiro atoms. The molecule has 0 radical (unpaired) electrons. The third-order valence-electron chi connectivity index (χ3n) is 1.88. The molecule has 4 heteroatoms. The van der Waals surface area contributed by atoms with E-state index >= 15 is 0 Å². The molecule has 1 aliphatic rings. The maximum atomic E-state index is 11.3. The van der Waals surface area contributed by atoms with Crippen LogP contribution in [-0.2, 0) is 14.3 Å². The molecule has 0 bridgehead atoms. The van der Waals surface area contributed by atoms with Crippen LogP contribution in [0.2, 0.25) is 0 Å². The van der Waals surface area contributed by atoms with Crippen LogP contribution in [0.15, 0.2) is 0 Å². The van der Waals surface area contributed by atoms with Gasteiger partial charge in [-0.25, -0.2) is 0 Å². The quantitative estimate of drug-likeness (QED) is 0.612. The first-order chi connectivity index (χ1) is 4.87. The van der Waals surface area contributed by atoms with Crippen LogP contribution < -0.4 is 0 Å². The van der Waals surface area contributed by atoms with E-state index in [-0.39, 0.29) is 6.10 Å². The molecule has 1 saturated carbocycles. The first kappa shape index (κ1) is 9.00. The molecule has 0 aromatic carbocycles. The molecule has 1 fully saturated rings. The first-order valence-electron chi connectivity index (χ1n) is 3.80. The average molecular weight is 178 g/mol. The lowest BCUT2D eigenvalue weighted by molar-refractivity contribution is 0.244. The van der Waals surface area contributed by atoms with Crippen LogP contribution in [0.5, 0.6) is 0 Å². The topological polar surface area (TPSA) is 43.4 Å². The Labute approximate surface area is 67.9 Å². The summed E-state index contributed by atoms with van der Waals surface area (Å²) in [7, 11) is -3.29. The average Bonchev–Trinajstić information content (AvgIpc) is 2.44. The van der Waals surface area contributed by atoms with Crippen molar-refractivity contribution in [3.63, 3.8) is 0 Å². The number of hydrogen-bond acceptors (Lipinski definition) is 3. The molecule has 0 N–H and O–H groups in total. The zero-order valence-corrected chi connectivity index (χ0v) is 7.94. The number of hydrogen-bond donors (Lipinski definition) is 0. The van der Waals surface area contributed by atoms with Crippen LogP contribution in [0, 0.1) is 0 Å². The Morgan fingerprint density at radius 1 is 1.36 bits per heavy atom. The van der Waals surface area contributed by atoms with Crippen molar-refractivity contribution in [2.24, 2.45) is 0 Å². The van der Waals surface area contributed by atoms with Gasteiger partial charge in [0.2, 0.25) is 0 Å². The van der Waals surface area contributed by atoms with E-state index in [1.54, 1.807) is 20.8 Å². The molecule has 0 atom stereocenters. The molecule has 0 heterocycles. The summed E-state index contributed by atoms with van der Waals surface area (Å²) >= 11 is 0. The molecule has 0 unspecified atom stereocenters. The molecule has 11 heavy (non-hydrogen) atoms. The lowest BCUT2D eigenvalue weighted by atomic mass is 10.5. The van der Waals surface area contributed by atoms with Crippen molar-refractivity contribution >= 4 is 10.1 Å². The van der Waals surface area contributed by atoms with Gasteiger partial charge in [-0.2, -0.15) is 8.42 Å². The molecule has 3 nitrogen and oxygen atoms in total. The minimum absolute atomic E-state index is 0.238. The van der Waals surface area contributed by atoms with Gasteiger partial charge in [0, 0.05) is 0 Å². The van der Waals surface area contributed by atoms with Gasteiger partial charge in [-0.15, -0.1) is 0 Å². The van der Waals surface area contributed by atoms with Gasteiger partial charge in [-0.1, -0.05) is 0 Å². The van der Waals surface area contributed by atoms with Gasteiger partial charge < -0.3 is 0 Å². The largest absolute Gasteiger partial charge is 0.273 e. The van der Waals surface area contributed by atoms with Crippen molar-refractivity contribution < 1.29 is 12.6 Å². The third kappa shape index (κ3) is 1.73. The minimum Gasteiger partial charge on any atom is -0.267 e. The summed E-state index contributed by atoms with van der Waals surface area (Å²) in [6.45, 7) is 5.18. The molecule has 0 saturated heterocycles. The van der Waals surface area contributed by atoms with Gasteiger partial charge in [-0.05, 0) is 33.6 Å². The predicted molar refractivity (Wildman–Crippen MR) is 42.8 cm³/mol. The van der Waals surface area contributed by atoms with Gasteiger partial charge >= 0.3 is 0 Å². The summed E-state index contributed by atoms with van der Waals surface area (Å²) in [6, 6.07) is 0. The second-order valence-electron chi connectivity index (χ2n) is 3.55. The Kier molecular flexibility index (Phi) is 2.01. The van der Waals surface area contributed by atoms with Gasteiger partial charge in [0.1, 0.15) is 0 Å². The Hall–Kier alpha value is -0.0900. The summed E-state index contributed by atoms with van der Waals surface area (Å²) < 4.78 is 26.9. The molecule has 66 valence electrons. The van der Waals surface area contributed by atoms with Crippen LogP contribution >= 0.6 is 0 Å². The van der Waals surface area contributed by atoms with Crippen molar-refractivity contribution in [3.8, 4) is 0 Å². The van der Waals surface area contributed by atoms with Crippen molar-refractivity contribution in [1.82, 2.24) is 0 Å². The summed E-state index contributed by atoms with van der Waals surface area (Å²) in [5, 5.41) is 0. The highest BCUT2D eigenvalue weighted by Crippen LogP contribution is 2.43. The van der Waals surface area contributed by atoms with E-state index in [9.17, 15) is 8.42 Å². The van der Waals surface area contributed by atoms with E-state index in [1.165, 1.54) is 0 Å². The molecule has 1 rings (SSSR count). The molecular formula is C7H14O3S. The molecule has 0 aliphatic heterocycles. The minimum atomic E-state index is -3.29. The highest BCUT2D eigenvalue weighted by Gasteiger charge is 2.51. The zero-order chi connectivity index (χ0) is 8.70. The normalized spacial score (nSPS) is 22.2. The third-order valence-corrected chi connectivity index (χ3v) is 4.13. The molecule has 1 aliphatic carbocycles. The molecule has 0 aromatic rings. The highest BCUT2D eigenvalue weighted by atomic mass is 32.2. The Bertz CT molecular complexity index is 236. The fraction of sp³-hybridized carbons (Fsp3) is 1.00. The summed E-state index contributed by atoms with van der Waals surface area (Å²) in [6.07, 6.45) is 1.24. The van der Waals surface area contributed by atoms with Crippen molar-refractivity contribution in [2.75, 3.05) is 0 Å². The van der Waals surface area contributed by atoms with Gasteiger partial charge in [0.05, 0.1) is 10.9 Å². The fourth-order valence-corrected chi connectivity index (χ4v) is 2.14. The van der Waals surface area contributed by atoms with E-state index < -0.39 is 14.9 Å². The Morgan fingerprint density at radius 2 is 1.82 bits per heavy atom. The Morgan fingerprint density at radius 3 is 2.09 bits per heavy atom. The van der Waals surface area contributed by atoms with Crippen molar-refractivity contribution in [2.45, 2.75) is 44.5 Å². The molecular weight excluding hydrogens is 164 g/mol. The molecule has 0 amide bonds. The highest BCUT2D eigenvalue weighted by molar-refractivity contribution is 7.88. The standard InChI is InChI=1S/C7H14O3S/c1-6(2)10-11(8,9)7(3)4-5-7/h6H,4-5H2,1-3H3. The van der Waals surface area contributed by atoms with Crippen LogP contribution in [0.1, 0.15) is 33.6 Å². The van der Waals surface area contributed by atoms with E-state index in [0.717, 1.165) is 12.8 Å². The second-order valence-corrected chi connectivity index (χ2v) is 5.64. The van der Waals surface area contributed by atoms with Crippen molar-refractivity contribution in [3.05, 3.63) is 0 Å². The van der Waals surface area contributed by atoms with Gasteiger partial charge in [0.15, 0.2) is 0 Å². The van der Waals surface area contributed by atoms with Crippen LogP contribution in [0.4, 0.5) is 0 Å². The van der Waals surface area contributed by atoms with Crippen molar-refractivity contribution in [1.29, 1.82) is 0 Å². The summed E-state index contributed by atoms with van der Waals surface area (Å²) in [4.78, 5) is 0. The van der Waals surface area contributed by atoms with E-state index in [0.29, 0.717) is 0 Å². The monoisotopic (exact) mass is 178 g/mol. The maximum absolute atomic E-state index is 11.3. The van der Waals surface area contributed by atoms with Crippen LogP contribution in [-0.4, -0.2) is 19.3 Å². The first-order valence-corrected chi connectivity index (χ1v) is 5.21. The second kappa shape index (κ2) is 2.45. The SMILES string of the molecule is CC(C)OS(=O)(=O)C1(C)CC1. The van der Waals surface area contributed by atoms with E-state index in [2.05, 4.69) is 0 Å². The fourth-order valence-electron chi connectivity index (χ4n) is 0.796. The Balaban J connectivity index is 2.68. The van der Waals surface area contributed by atoms with Gasteiger partial charge in [-0.3, -0.25) is 4.18 Å². The zero-order valence-electron chi connectivity index (χ0n) is 7.12. The maximum Gasteiger partial charge on any atom is 0.273 e. The lowest BCUT2D eigenvalue weighted by Gasteiger charge is -2.12. The van der Waals surface area contributed by atoms with Crippen LogP contribution in [0.3, 0.4) is 0 Å².